The van der Waals surface area contributed by atoms with E-state index in [1.807, 2.05) is 12.3 Å². The summed E-state index contributed by atoms with van der Waals surface area (Å²) >= 11 is 0. The summed E-state index contributed by atoms with van der Waals surface area (Å²) in [6, 6.07) is 13.1. The molecule has 1 aromatic heterocycles. The minimum Gasteiger partial charge on any atom is -0.306 e. The number of hydrogen-bond donors (Lipinski definition) is 1. The Labute approximate surface area is 115 Å². The molecule has 0 aliphatic carbocycles. The van der Waals surface area contributed by atoms with Crippen molar-refractivity contribution in [3.63, 3.8) is 0 Å². The van der Waals surface area contributed by atoms with Gasteiger partial charge in [0.05, 0.1) is 6.04 Å². The zero-order valence-electron chi connectivity index (χ0n) is 12.0. The van der Waals surface area contributed by atoms with E-state index in [2.05, 4.69) is 61.4 Å². The molecule has 0 saturated heterocycles. The van der Waals surface area contributed by atoms with Gasteiger partial charge in [0, 0.05) is 11.9 Å². The monoisotopic (exact) mass is 254 g/mol. The number of nitrogens with one attached hydrogen (secondary N) is 1. The van der Waals surface area contributed by atoms with Crippen LogP contribution in [0.15, 0.2) is 42.6 Å². The highest BCUT2D eigenvalue weighted by Gasteiger charge is 2.15. The Morgan fingerprint density at radius 3 is 2.68 bits per heavy atom. The zero-order chi connectivity index (χ0) is 13.7. The number of pyridine rings is 1. The lowest BCUT2D eigenvalue weighted by Gasteiger charge is -2.21. The first-order chi connectivity index (χ1) is 9.22. The fourth-order valence-corrected chi connectivity index (χ4v) is 2.35. The summed E-state index contributed by atoms with van der Waals surface area (Å²) in [5.41, 5.74) is 4.96. The minimum atomic E-state index is 0.230. The van der Waals surface area contributed by atoms with Crippen LogP contribution in [0.25, 0.3) is 0 Å². The molecular formula is C17H22N2. The van der Waals surface area contributed by atoms with Crippen LogP contribution in [0.2, 0.25) is 0 Å². The zero-order valence-corrected chi connectivity index (χ0v) is 12.0. The third-order valence-electron chi connectivity index (χ3n) is 3.33. The van der Waals surface area contributed by atoms with E-state index in [1.165, 1.54) is 16.7 Å². The smallest absolute Gasteiger partial charge is 0.0594 e. The maximum atomic E-state index is 4.42. The van der Waals surface area contributed by atoms with Gasteiger partial charge in [-0.05, 0) is 44.0 Å². The third-order valence-corrected chi connectivity index (χ3v) is 3.33. The molecule has 2 aromatic rings. The maximum Gasteiger partial charge on any atom is 0.0594 e. The van der Waals surface area contributed by atoms with Gasteiger partial charge in [-0.25, -0.2) is 0 Å². The van der Waals surface area contributed by atoms with Crippen molar-refractivity contribution in [2.45, 2.75) is 33.2 Å². The second-order valence-corrected chi connectivity index (χ2v) is 4.98. The van der Waals surface area contributed by atoms with Gasteiger partial charge in [0.25, 0.3) is 0 Å². The Kier molecular flexibility index (Phi) is 4.69. The van der Waals surface area contributed by atoms with E-state index >= 15 is 0 Å². The minimum absolute atomic E-state index is 0.230. The fraction of sp³-hybridized carbons (Fsp3) is 0.353. The van der Waals surface area contributed by atoms with Gasteiger partial charge in [0.1, 0.15) is 0 Å². The Morgan fingerprint density at radius 2 is 2.00 bits per heavy atom. The number of benzene rings is 1. The molecule has 1 N–H and O–H groups in total. The van der Waals surface area contributed by atoms with E-state index in [0.29, 0.717) is 0 Å². The molecule has 0 fully saturated rings. The number of hydrogen-bond acceptors (Lipinski definition) is 2. The van der Waals surface area contributed by atoms with Crippen molar-refractivity contribution in [3.8, 4) is 0 Å². The predicted molar refractivity (Wildman–Crippen MR) is 80.3 cm³/mol. The molecule has 2 nitrogen and oxygen atoms in total. The molecule has 0 amide bonds. The average Bonchev–Trinajstić information content (AvgIpc) is 2.41. The summed E-state index contributed by atoms with van der Waals surface area (Å²) in [7, 11) is 0. The van der Waals surface area contributed by atoms with Gasteiger partial charge in [-0.15, -0.1) is 0 Å². The predicted octanol–water partition coefficient (Wildman–Crippen LogP) is 3.79. The van der Waals surface area contributed by atoms with Crippen LogP contribution in [0, 0.1) is 13.8 Å². The van der Waals surface area contributed by atoms with Crippen molar-refractivity contribution in [2.24, 2.45) is 0 Å². The highest BCUT2D eigenvalue weighted by Crippen LogP contribution is 2.24. The van der Waals surface area contributed by atoms with E-state index in [9.17, 15) is 0 Å². The first kappa shape index (κ1) is 13.8. The molecule has 1 atom stereocenters. The summed E-state index contributed by atoms with van der Waals surface area (Å²) in [6.07, 6.45) is 2.98. The SMILES string of the molecule is CCCNC(c1cccc(C)c1)c1cccnc1C. The molecule has 1 heterocycles. The Morgan fingerprint density at radius 1 is 1.16 bits per heavy atom. The van der Waals surface area contributed by atoms with Crippen molar-refractivity contribution in [1.29, 1.82) is 0 Å². The van der Waals surface area contributed by atoms with E-state index in [-0.39, 0.29) is 6.04 Å². The summed E-state index contributed by atoms with van der Waals surface area (Å²) < 4.78 is 0. The number of nitrogens with zero attached hydrogens (tertiary/aromatic N) is 1. The Hall–Kier alpha value is -1.67. The summed E-state index contributed by atoms with van der Waals surface area (Å²) in [4.78, 5) is 4.42. The lowest BCUT2D eigenvalue weighted by atomic mass is 9.96. The van der Waals surface area contributed by atoms with Gasteiger partial charge in [-0.1, -0.05) is 42.8 Å². The average molecular weight is 254 g/mol. The van der Waals surface area contributed by atoms with E-state index in [1.54, 1.807) is 0 Å². The molecule has 100 valence electrons. The number of rotatable bonds is 5. The van der Waals surface area contributed by atoms with Crippen molar-refractivity contribution in [1.82, 2.24) is 10.3 Å². The van der Waals surface area contributed by atoms with Gasteiger partial charge < -0.3 is 5.32 Å². The summed E-state index contributed by atoms with van der Waals surface area (Å²) in [5.74, 6) is 0. The summed E-state index contributed by atoms with van der Waals surface area (Å²) in [6.45, 7) is 7.41. The molecule has 0 aliphatic rings. The molecule has 0 spiro atoms. The standard InChI is InChI=1S/C17H22N2/c1-4-10-19-17(15-8-5-7-13(2)12-15)16-9-6-11-18-14(16)3/h5-9,11-12,17,19H,4,10H2,1-3H3. The van der Waals surface area contributed by atoms with Crippen LogP contribution in [0.3, 0.4) is 0 Å². The lowest BCUT2D eigenvalue weighted by molar-refractivity contribution is 0.594. The van der Waals surface area contributed by atoms with Crippen molar-refractivity contribution in [2.75, 3.05) is 6.54 Å². The van der Waals surface area contributed by atoms with Crippen LogP contribution in [0.4, 0.5) is 0 Å². The van der Waals surface area contributed by atoms with E-state index in [4.69, 9.17) is 0 Å². The molecule has 0 radical (unpaired) electrons. The fourth-order valence-electron chi connectivity index (χ4n) is 2.35. The summed E-state index contributed by atoms with van der Waals surface area (Å²) in [5, 5.41) is 3.63. The molecule has 0 bridgehead atoms. The second-order valence-electron chi connectivity index (χ2n) is 4.98. The molecule has 0 saturated carbocycles. The van der Waals surface area contributed by atoms with Gasteiger partial charge >= 0.3 is 0 Å². The first-order valence-electron chi connectivity index (χ1n) is 6.94. The number of aryl methyl sites for hydroxylation is 2. The quantitative estimate of drug-likeness (QED) is 0.878. The van der Waals surface area contributed by atoms with Gasteiger partial charge in [-0.2, -0.15) is 0 Å². The topological polar surface area (TPSA) is 24.9 Å². The Balaban J connectivity index is 2.38. The first-order valence-corrected chi connectivity index (χ1v) is 6.94. The Bertz CT molecular complexity index is 534. The van der Waals surface area contributed by atoms with E-state index < -0.39 is 0 Å². The molecule has 0 aliphatic heterocycles. The van der Waals surface area contributed by atoms with Crippen molar-refractivity contribution in [3.05, 3.63) is 65.0 Å². The second kappa shape index (κ2) is 6.48. The van der Waals surface area contributed by atoms with Crippen LogP contribution >= 0.6 is 0 Å². The van der Waals surface area contributed by atoms with Gasteiger partial charge in [0.2, 0.25) is 0 Å². The normalized spacial score (nSPS) is 12.4. The van der Waals surface area contributed by atoms with Gasteiger partial charge in [-0.3, -0.25) is 4.98 Å². The molecular weight excluding hydrogens is 232 g/mol. The van der Waals surface area contributed by atoms with Crippen LogP contribution < -0.4 is 5.32 Å². The highest BCUT2D eigenvalue weighted by atomic mass is 14.9. The van der Waals surface area contributed by atoms with Crippen molar-refractivity contribution >= 4 is 0 Å². The largest absolute Gasteiger partial charge is 0.306 e. The maximum absolute atomic E-state index is 4.42. The number of aromatic nitrogens is 1. The molecule has 2 rings (SSSR count). The molecule has 2 heteroatoms. The van der Waals surface area contributed by atoms with Crippen LogP contribution in [-0.4, -0.2) is 11.5 Å². The van der Waals surface area contributed by atoms with E-state index in [0.717, 1.165) is 18.7 Å². The third kappa shape index (κ3) is 3.42. The molecule has 19 heavy (non-hydrogen) atoms. The van der Waals surface area contributed by atoms with Crippen LogP contribution in [0.5, 0.6) is 0 Å². The molecule has 1 aromatic carbocycles. The van der Waals surface area contributed by atoms with Crippen LogP contribution in [-0.2, 0) is 0 Å². The van der Waals surface area contributed by atoms with Crippen molar-refractivity contribution < 1.29 is 0 Å². The molecule has 1 unspecified atom stereocenters. The highest BCUT2D eigenvalue weighted by molar-refractivity contribution is 5.35. The van der Waals surface area contributed by atoms with Gasteiger partial charge in [0.15, 0.2) is 0 Å². The lowest BCUT2D eigenvalue weighted by Crippen LogP contribution is -2.24. The van der Waals surface area contributed by atoms with Crippen LogP contribution in [0.1, 0.15) is 41.8 Å².